The van der Waals surface area contributed by atoms with Gasteiger partial charge in [0.25, 0.3) is 0 Å². The lowest BCUT2D eigenvalue weighted by molar-refractivity contribution is -0.389. The number of fused-ring (bicyclic) bond motifs is 1. The molecule has 7 heteroatoms. The highest BCUT2D eigenvalue weighted by Crippen LogP contribution is 2.35. The number of benzene rings is 1. The number of aliphatic hydroxyl groups is 1. The highest BCUT2D eigenvalue weighted by atomic mass is 16.6. The van der Waals surface area contributed by atoms with Crippen molar-refractivity contribution in [2.75, 3.05) is 18.0 Å². The maximum absolute atomic E-state index is 11.6. The number of aliphatic hydroxyl groups excluding tert-OH is 1. The van der Waals surface area contributed by atoms with E-state index in [-0.39, 0.29) is 16.7 Å². The molecule has 0 spiro atoms. The van der Waals surface area contributed by atoms with Crippen LogP contribution in [0, 0.1) is 16.0 Å². The van der Waals surface area contributed by atoms with Gasteiger partial charge in [-0.3, -0.25) is 0 Å². The lowest BCUT2D eigenvalue weighted by Gasteiger charge is -2.34. The number of anilines is 1. The number of piperidine rings is 1. The van der Waals surface area contributed by atoms with Crippen molar-refractivity contribution >= 4 is 17.3 Å². The summed E-state index contributed by atoms with van der Waals surface area (Å²) in [6.45, 7) is 1.28. The first-order valence-corrected chi connectivity index (χ1v) is 8.74. The Kier molecular flexibility index (Phi) is 4.30. The van der Waals surface area contributed by atoms with Crippen LogP contribution in [0.1, 0.15) is 24.5 Å². The zero-order chi connectivity index (χ0) is 18.1. The number of nitro groups is 1. The van der Waals surface area contributed by atoms with Crippen molar-refractivity contribution in [2.45, 2.75) is 18.9 Å². The van der Waals surface area contributed by atoms with Gasteiger partial charge < -0.3 is 20.1 Å². The van der Waals surface area contributed by atoms with Gasteiger partial charge in [0, 0.05) is 19.2 Å². The van der Waals surface area contributed by atoms with Crippen molar-refractivity contribution in [3.8, 4) is 0 Å². The predicted molar refractivity (Wildman–Crippen MR) is 98.2 cm³/mol. The van der Waals surface area contributed by atoms with E-state index in [1.165, 1.54) is 4.40 Å². The third-order valence-electron chi connectivity index (χ3n) is 5.09. The summed E-state index contributed by atoms with van der Waals surface area (Å²) in [7, 11) is 0. The lowest BCUT2D eigenvalue weighted by atomic mass is 9.87. The fourth-order valence-corrected chi connectivity index (χ4v) is 3.70. The Morgan fingerprint density at radius 3 is 2.50 bits per heavy atom. The number of nitrogens with zero attached hydrogens (tertiary/aromatic N) is 4. The third kappa shape index (κ3) is 2.90. The molecule has 1 atom stereocenters. The molecular weight excluding hydrogens is 332 g/mol. The molecule has 4 rings (SSSR count). The van der Waals surface area contributed by atoms with Crippen LogP contribution in [-0.2, 0) is 0 Å². The summed E-state index contributed by atoms with van der Waals surface area (Å²) in [6, 6.07) is 15.0. The van der Waals surface area contributed by atoms with Crippen LogP contribution in [0.15, 0.2) is 54.7 Å². The highest BCUT2D eigenvalue weighted by Gasteiger charge is 2.32. The fourth-order valence-electron chi connectivity index (χ4n) is 3.70. The Balaban J connectivity index is 1.54. The first-order valence-electron chi connectivity index (χ1n) is 8.74. The van der Waals surface area contributed by atoms with Crippen molar-refractivity contribution in [1.82, 2.24) is 9.38 Å². The average molecular weight is 352 g/mol. The van der Waals surface area contributed by atoms with E-state index in [1.54, 1.807) is 18.3 Å². The van der Waals surface area contributed by atoms with Gasteiger partial charge in [-0.15, -0.1) is 0 Å². The first-order chi connectivity index (χ1) is 12.6. The standard InChI is InChI=1S/C19H20N4O3/c24-17(14-6-2-1-3-7-14)15-9-12-21(13-10-15)18-19(23(25)26)22-11-5-4-8-16(22)20-18/h1-8,11,15,17,24H,9-10,12-13H2/t17-/m0/s1. The quantitative estimate of drug-likeness (QED) is 0.576. The summed E-state index contributed by atoms with van der Waals surface area (Å²) in [4.78, 5) is 17.6. The molecule has 0 bridgehead atoms. The Morgan fingerprint density at radius 2 is 1.81 bits per heavy atom. The van der Waals surface area contributed by atoms with Crippen LogP contribution in [-0.4, -0.2) is 32.5 Å². The van der Waals surface area contributed by atoms with E-state index in [9.17, 15) is 15.2 Å². The molecule has 1 N–H and O–H groups in total. The van der Waals surface area contributed by atoms with E-state index in [2.05, 4.69) is 4.98 Å². The molecule has 7 nitrogen and oxygen atoms in total. The van der Waals surface area contributed by atoms with E-state index in [1.807, 2.05) is 41.3 Å². The molecule has 1 saturated heterocycles. The minimum absolute atomic E-state index is 0.00246. The number of pyridine rings is 1. The number of hydrogen-bond acceptors (Lipinski definition) is 5. The Bertz CT molecular complexity index is 917. The van der Waals surface area contributed by atoms with Crippen molar-refractivity contribution in [3.63, 3.8) is 0 Å². The van der Waals surface area contributed by atoms with Gasteiger partial charge in [0.15, 0.2) is 0 Å². The Morgan fingerprint density at radius 1 is 1.12 bits per heavy atom. The van der Waals surface area contributed by atoms with Gasteiger partial charge in [0.05, 0.1) is 12.3 Å². The number of rotatable bonds is 4. The molecule has 0 amide bonds. The van der Waals surface area contributed by atoms with Crippen molar-refractivity contribution < 1.29 is 10.0 Å². The number of hydrogen-bond donors (Lipinski definition) is 1. The number of imidazole rings is 1. The Labute approximate surface area is 150 Å². The van der Waals surface area contributed by atoms with E-state index in [0.717, 1.165) is 18.4 Å². The predicted octanol–water partition coefficient (Wildman–Crippen LogP) is 3.19. The normalized spacial score (nSPS) is 16.7. The molecule has 26 heavy (non-hydrogen) atoms. The van der Waals surface area contributed by atoms with Gasteiger partial charge >= 0.3 is 5.82 Å². The summed E-state index contributed by atoms with van der Waals surface area (Å²) >= 11 is 0. The second-order valence-corrected chi connectivity index (χ2v) is 6.62. The van der Waals surface area contributed by atoms with Gasteiger partial charge in [-0.2, -0.15) is 9.38 Å². The summed E-state index contributed by atoms with van der Waals surface area (Å²) < 4.78 is 1.51. The monoisotopic (exact) mass is 352 g/mol. The summed E-state index contributed by atoms with van der Waals surface area (Å²) in [5, 5.41) is 22.2. The van der Waals surface area contributed by atoms with E-state index in [0.29, 0.717) is 24.6 Å². The van der Waals surface area contributed by atoms with Crippen LogP contribution in [0.3, 0.4) is 0 Å². The molecule has 1 aromatic carbocycles. The summed E-state index contributed by atoms with van der Waals surface area (Å²) in [5.41, 5.74) is 1.49. The maximum Gasteiger partial charge on any atom is 0.372 e. The highest BCUT2D eigenvalue weighted by molar-refractivity contribution is 5.63. The zero-order valence-corrected chi connectivity index (χ0v) is 14.2. The second-order valence-electron chi connectivity index (χ2n) is 6.62. The second kappa shape index (κ2) is 6.76. The molecular formula is C19H20N4O3. The molecule has 3 heterocycles. The molecule has 2 aromatic heterocycles. The third-order valence-corrected chi connectivity index (χ3v) is 5.09. The van der Waals surface area contributed by atoms with E-state index >= 15 is 0 Å². The van der Waals surface area contributed by atoms with Crippen molar-refractivity contribution in [2.24, 2.45) is 5.92 Å². The van der Waals surface area contributed by atoms with Gasteiger partial charge in [-0.05, 0) is 35.3 Å². The molecule has 134 valence electrons. The van der Waals surface area contributed by atoms with Crippen LogP contribution >= 0.6 is 0 Å². The SMILES string of the molecule is O=[N+]([O-])c1c(N2CCC([C@@H](O)c3ccccc3)CC2)nc2ccccn12. The molecule has 1 aliphatic rings. The molecule has 1 fully saturated rings. The minimum Gasteiger partial charge on any atom is -0.388 e. The molecule has 0 saturated carbocycles. The van der Waals surface area contributed by atoms with Gasteiger partial charge in [0.2, 0.25) is 11.5 Å². The van der Waals surface area contributed by atoms with Gasteiger partial charge in [-0.1, -0.05) is 36.4 Å². The minimum atomic E-state index is -0.505. The maximum atomic E-state index is 11.6. The van der Waals surface area contributed by atoms with Crippen molar-refractivity contribution in [1.29, 1.82) is 0 Å². The molecule has 1 aliphatic heterocycles. The molecule has 3 aromatic rings. The van der Waals surface area contributed by atoms with Crippen LogP contribution < -0.4 is 4.90 Å². The summed E-state index contributed by atoms with van der Waals surface area (Å²) in [5.74, 6) is 0.557. The van der Waals surface area contributed by atoms with E-state index in [4.69, 9.17) is 0 Å². The van der Waals surface area contributed by atoms with Gasteiger partial charge in [0.1, 0.15) is 0 Å². The Hall–Kier alpha value is -2.93. The molecule has 0 unspecified atom stereocenters. The van der Waals surface area contributed by atoms with Crippen molar-refractivity contribution in [3.05, 3.63) is 70.4 Å². The van der Waals surface area contributed by atoms with E-state index < -0.39 is 6.10 Å². The lowest BCUT2D eigenvalue weighted by Crippen LogP contribution is -2.36. The average Bonchev–Trinajstić information content (AvgIpc) is 3.08. The molecule has 0 radical (unpaired) electrons. The smallest absolute Gasteiger partial charge is 0.372 e. The fraction of sp³-hybridized carbons (Fsp3) is 0.316. The summed E-state index contributed by atoms with van der Waals surface area (Å²) in [6.07, 6.45) is 2.69. The zero-order valence-electron chi connectivity index (χ0n) is 14.2. The number of aromatic nitrogens is 2. The topological polar surface area (TPSA) is 83.9 Å². The van der Waals surface area contributed by atoms with Gasteiger partial charge in [-0.25, -0.2) is 0 Å². The first kappa shape index (κ1) is 16.5. The van der Waals surface area contributed by atoms with Crippen LogP contribution in [0.5, 0.6) is 0 Å². The van der Waals surface area contributed by atoms with Crippen LogP contribution in [0.2, 0.25) is 0 Å². The largest absolute Gasteiger partial charge is 0.388 e. The van der Waals surface area contributed by atoms with Crippen LogP contribution in [0.4, 0.5) is 11.6 Å². The molecule has 0 aliphatic carbocycles. The van der Waals surface area contributed by atoms with Crippen LogP contribution in [0.25, 0.3) is 5.65 Å².